The molecule has 0 bridgehead atoms. The second kappa shape index (κ2) is 6.63. The standard InChI is InChI=1S/C13H22N2O2S2/c1-5-18-8-10(3)15-19(16,17)13-11(4)9(2)6-7-12(13)14/h6-7,10,15H,5,8,14H2,1-4H3. The number of nitrogens with two attached hydrogens (primary N) is 1. The molecular formula is C13H22N2O2S2. The van der Waals surface area contributed by atoms with Gasteiger partial charge in [-0.25, -0.2) is 13.1 Å². The van der Waals surface area contributed by atoms with E-state index in [-0.39, 0.29) is 10.9 Å². The first kappa shape index (κ1) is 16.3. The lowest BCUT2D eigenvalue weighted by molar-refractivity contribution is 0.571. The molecule has 4 nitrogen and oxygen atoms in total. The van der Waals surface area contributed by atoms with Gasteiger partial charge in [0.1, 0.15) is 4.90 Å². The number of rotatable bonds is 6. The molecule has 0 aliphatic carbocycles. The molecule has 0 spiro atoms. The molecule has 3 N–H and O–H groups in total. The predicted molar refractivity (Wildman–Crippen MR) is 83.1 cm³/mol. The molecule has 108 valence electrons. The number of aryl methyl sites for hydroxylation is 1. The minimum atomic E-state index is -3.56. The van der Waals surface area contributed by atoms with Gasteiger partial charge in [-0.05, 0) is 43.7 Å². The molecule has 0 heterocycles. The van der Waals surface area contributed by atoms with E-state index in [1.54, 1.807) is 24.8 Å². The van der Waals surface area contributed by atoms with Crippen molar-refractivity contribution in [1.82, 2.24) is 4.72 Å². The first-order chi connectivity index (χ1) is 8.79. The smallest absolute Gasteiger partial charge is 0.243 e. The summed E-state index contributed by atoms with van der Waals surface area (Å²) < 4.78 is 27.5. The molecular weight excluding hydrogens is 280 g/mol. The third kappa shape index (κ3) is 4.12. The van der Waals surface area contributed by atoms with Crippen molar-refractivity contribution >= 4 is 27.5 Å². The van der Waals surface area contributed by atoms with Crippen molar-refractivity contribution in [1.29, 1.82) is 0 Å². The number of benzene rings is 1. The van der Waals surface area contributed by atoms with E-state index >= 15 is 0 Å². The Kier molecular flexibility index (Phi) is 5.70. The largest absolute Gasteiger partial charge is 0.398 e. The Hall–Kier alpha value is -0.720. The van der Waals surface area contributed by atoms with E-state index in [2.05, 4.69) is 11.6 Å². The highest BCUT2D eigenvalue weighted by atomic mass is 32.2. The summed E-state index contributed by atoms with van der Waals surface area (Å²) >= 11 is 1.71. The molecule has 19 heavy (non-hydrogen) atoms. The second-order valence-electron chi connectivity index (χ2n) is 4.61. The normalized spacial score (nSPS) is 13.5. The number of hydrogen-bond acceptors (Lipinski definition) is 4. The second-order valence-corrected chi connectivity index (χ2v) is 7.58. The summed E-state index contributed by atoms with van der Waals surface area (Å²) in [6.45, 7) is 7.58. The molecule has 0 aliphatic rings. The van der Waals surface area contributed by atoms with Crippen LogP contribution in [0.1, 0.15) is 25.0 Å². The Labute approximate surface area is 120 Å². The van der Waals surface area contributed by atoms with Crippen molar-refractivity contribution < 1.29 is 8.42 Å². The van der Waals surface area contributed by atoms with Crippen LogP contribution in [0.4, 0.5) is 5.69 Å². The average Bonchev–Trinajstić information content (AvgIpc) is 2.31. The zero-order chi connectivity index (χ0) is 14.6. The van der Waals surface area contributed by atoms with Crippen LogP contribution in [0.25, 0.3) is 0 Å². The average molecular weight is 302 g/mol. The zero-order valence-corrected chi connectivity index (χ0v) is 13.5. The molecule has 1 unspecified atom stereocenters. The monoisotopic (exact) mass is 302 g/mol. The first-order valence-electron chi connectivity index (χ1n) is 6.25. The van der Waals surface area contributed by atoms with Crippen LogP contribution in [-0.4, -0.2) is 26.0 Å². The van der Waals surface area contributed by atoms with Gasteiger partial charge in [-0.15, -0.1) is 0 Å². The minimum Gasteiger partial charge on any atom is -0.398 e. The Morgan fingerprint density at radius 1 is 1.37 bits per heavy atom. The molecule has 0 amide bonds. The molecule has 6 heteroatoms. The van der Waals surface area contributed by atoms with Crippen LogP contribution in [-0.2, 0) is 10.0 Å². The Morgan fingerprint density at radius 3 is 2.58 bits per heavy atom. The lowest BCUT2D eigenvalue weighted by atomic mass is 10.1. The highest BCUT2D eigenvalue weighted by Gasteiger charge is 2.22. The van der Waals surface area contributed by atoms with Gasteiger partial charge in [-0.3, -0.25) is 0 Å². The Bertz CT molecular complexity index is 542. The third-order valence-electron chi connectivity index (χ3n) is 2.90. The van der Waals surface area contributed by atoms with Gasteiger partial charge in [0.15, 0.2) is 0 Å². The van der Waals surface area contributed by atoms with Crippen LogP contribution in [0.3, 0.4) is 0 Å². The van der Waals surface area contributed by atoms with Gasteiger partial charge in [0.2, 0.25) is 10.0 Å². The zero-order valence-electron chi connectivity index (χ0n) is 11.9. The van der Waals surface area contributed by atoms with Crippen LogP contribution in [0.5, 0.6) is 0 Å². The van der Waals surface area contributed by atoms with Gasteiger partial charge in [-0.2, -0.15) is 11.8 Å². The summed E-state index contributed by atoms with van der Waals surface area (Å²) in [5.41, 5.74) is 7.76. The first-order valence-corrected chi connectivity index (χ1v) is 8.89. The van der Waals surface area contributed by atoms with Crippen molar-refractivity contribution in [3.05, 3.63) is 23.3 Å². The van der Waals surface area contributed by atoms with Crippen molar-refractivity contribution in [2.45, 2.75) is 38.6 Å². The van der Waals surface area contributed by atoms with Crippen molar-refractivity contribution in [2.24, 2.45) is 0 Å². The van der Waals surface area contributed by atoms with Gasteiger partial charge in [0.05, 0.1) is 5.69 Å². The van der Waals surface area contributed by atoms with Gasteiger partial charge >= 0.3 is 0 Å². The fraction of sp³-hybridized carbons (Fsp3) is 0.538. The van der Waals surface area contributed by atoms with E-state index in [1.165, 1.54) is 0 Å². The number of sulfonamides is 1. The summed E-state index contributed by atoms with van der Waals surface area (Å²) in [5.74, 6) is 1.72. The maximum atomic E-state index is 12.4. The fourth-order valence-electron chi connectivity index (χ4n) is 1.82. The lowest BCUT2D eigenvalue weighted by Crippen LogP contribution is -2.35. The predicted octanol–water partition coefficient (Wildman–Crippen LogP) is 2.31. The molecule has 1 atom stereocenters. The highest BCUT2D eigenvalue weighted by molar-refractivity contribution is 7.99. The van der Waals surface area contributed by atoms with Gasteiger partial charge < -0.3 is 5.73 Å². The molecule has 1 rings (SSSR count). The van der Waals surface area contributed by atoms with Crippen LogP contribution < -0.4 is 10.5 Å². The van der Waals surface area contributed by atoms with E-state index in [4.69, 9.17) is 5.73 Å². The van der Waals surface area contributed by atoms with Crippen LogP contribution in [0.2, 0.25) is 0 Å². The van der Waals surface area contributed by atoms with E-state index in [9.17, 15) is 8.42 Å². The van der Waals surface area contributed by atoms with Crippen LogP contribution >= 0.6 is 11.8 Å². The molecule has 0 aromatic heterocycles. The van der Waals surface area contributed by atoms with Crippen molar-refractivity contribution in [3.63, 3.8) is 0 Å². The third-order valence-corrected chi connectivity index (χ3v) is 5.84. The number of thioether (sulfide) groups is 1. The minimum absolute atomic E-state index is 0.116. The summed E-state index contributed by atoms with van der Waals surface area (Å²) in [6.07, 6.45) is 0. The quantitative estimate of drug-likeness (QED) is 0.791. The topological polar surface area (TPSA) is 72.2 Å². The maximum Gasteiger partial charge on any atom is 0.243 e. The van der Waals surface area contributed by atoms with Crippen LogP contribution in [0.15, 0.2) is 17.0 Å². The van der Waals surface area contributed by atoms with Crippen molar-refractivity contribution in [2.75, 3.05) is 17.2 Å². The Balaban J connectivity index is 3.04. The summed E-state index contributed by atoms with van der Waals surface area (Å²) in [7, 11) is -3.56. The van der Waals surface area contributed by atoms with E-state index in [0.29, 0.717) is 11.3 Å². The molecule has 0 aliphatic heterocycles. The SMILES string of the molecule is CCSCC(C)NS(=O)(=O)c1c(N)ccc(C)c1C. The summed E-state index contributed by atoms with van der Waals surface area (Å²) in [5, 5.41) is 0. The molecule has 0 saturated carbocycles. The number of hydrogen-bond donors (Lipinski definition) is 2. The molecule has 0 radical (unpaired) electrons. The van der Waals surface area contributed by atoms with E-state index < -0.39 is 10.0 Å². The fourth-order valence-corrected chi connectivity index (χ4v) is 4.27. The van der Waals surface area contributed by atoms with Gasteiger partial charge in [0.25, 0.3) is 0 Å². The number of nitrogens with one attached hydrogen (secondary N) is 1. The molecule has 1 aromatic carbocycles. The maximum absolute atomic E-state index is 12.4. The molecule has 0 fully saturated rings. The van der Waals surface area contributed by atoms with Gasteiger partial charge in [0, 0.05) is 11.8 Å². The molecule has 0 saturated heterocycles. The van der Waals surface area contributed by atoms with Gasteiger partial charge in [-0.1, -0.05) is 13.0 Å². The highest BCUT2D eigenvalue weighted by Crippen LogP contribution is 2.25. The number of nitrogen functional groups attached to an aromatic ring is 1. The van der Waals surface area contributed by atoms with Crippen molar-refractivity contribution in [3.8, 4) is 0 Å². The summed E-state index contributed by atoms with van der Waals surface area (Å²) in [6, 6.07) is 3.36. The molecule has 1 aromatic rings. The lowest BCUT2D eigenvalue weighted by Gasteiger charge is -2.17. The van der Waals surface area contributed by atoms with E-state index in [0.717, 1.165) is 17.1 Å². The summed E-state index contributed by atoms with van der Waals surface area (Å²) in [4.78, 5) is 0.209. The Morgan fingerprint density at radius 2 is 2.00 bits per heavy atom. The number of anilines is 1. The van der Waals surface area contributed by atoms with Crippen LogP contribution in [0, 0.1) is 13.8 Å². The van der Waals surface area contributed by atoms with E-state index in [1.807, 2.05) is 19.9 Å².